The van der Waals surface area contributed by atoms with E-state index < -0.39 is 6.61 Å². The fourth-order valence-electron chi connectivity index (χ4n) is 2.66. The molecule has 1 atom stereocenters. The molecule has 0 spiro atoms. The Morgan fingerprint density at radius 1 is 1.30 bits per heavy atom. The number of rotatable bonds is 5. The lowest BCUT2D eigenvalue weighted by molar-refractivity contribution is -0.120. The highest BCUT2D eigenvalue weighted by molar-refractivity contribution is 5.79. The number of halogens is 2. The molecule has 110 valence electrons. The van der Waals surface area contributed by atoms with Gasteiger partial charge in [-0.2, -0.15) is 8.78 Å². The summed E-state index contributed by atoms with van der Waals surface area (Å²) in [4.78, 5) is 11.5. The van der Waals surface area contributed by atoms with Crippen LogP contribution in [0.4, 0.5) is 8.78 Å². The van der Waals surface area contributed by atoms with Crippen LogP contribution in [0.2, 0.25) is 0 Å². The van der Waals surface area contributed by atoms with Crippen LogP contribution in [0, 0.1) is 5.92 Å². The molecule has 1 heterocycles. The molecular weight excluding hydrogens is 264 g/mol. The molecule has 5 heteroatoms. The lowest BCUT2D eigenvalue weighted by atomic mass is 9.80. The molecule has 1 aliphatic rings. The summed E-state index contributed by atoms with van der Waals surface area (Å²) in [5.41, 5.74) is 0.768. The van der Waals surface area contributed by atoms with E-state index >= 15 is 0 Å². The smallest absolute Gasteiger partial charge is 0.387 e. The predicted molar refractivity (Wildman–Crippen MR) is 71.7 cm³/mol. The summed E-state index contributed by atoms with van der Waals surface area (Å²) in [6, 6.07) is 6.61. The van der Waals surface area contributed by atoms with Gasteiger partial charge >= 0.3 is 6.61 Å². The minimum atomic E-state index is -2.81. The number of hydrogen-bond acceptors (Lipinski definition) is 2. The standard InChI is InChI=1S/C15H19F2NO2/c1-10(2)15(8-7-13(19)18-15)9-11-3-5-12(6-4-11)20-14(16)17/h3-6,10,14H,7-9H2,1-2H3,(H,18,19). The number of carbonyl (C=O) groups is 1. The maximum absolute atomic E-state index is 12.1. The van der Waals surface area contributed by atoms with Gasteiger partial charge in [0.15, 0.2) is 0 Å². The van der Waals surface area contributed by atoms with E-state index in [0.717, 1.165) is 12.0 Å². The van der Waals surface area contributed by atoms with Crippen molar-refractivity contribution >= 4 is 5.91 Å². The second kappa shape index (κ2) is 5.77. The van der Waals surface area contributed by atoms with Crippen LogP contribution in [-0.4, -0.2) is 18.1 Å². The summed E-state index contributed by atoms with van der Waals surface area (Å²) in [5, 5.41) is 3.07. The number of benzene rings is 1. The zero-order chi connectivity index (χ0) is 14.8. The van der Waals surface area contributed by atoms with Crippen molar-refractivity contribution in [2.24, 2.45) is 5.92 Å². The van der Waals surface area contributed by atoms with Gasteiger partial charge in [-0.3, -0.25) is 4.79 Å². The third-order valence-corrected chi connectivity index (χ3v) is 3.96. The first-order valence-corrected chi connectivity index (χ1v) is 6.76. The zero-order valence-corrected chi connectivity index (χ0v) is 11.7. The maximum Gasteiger partial charge on any atom is 0.387 e. The summed E-state index contributed by atoms with van der Waals surface area (Å²) in [6.07, 6.45) is 2.05. The van der Waals surface area contributed by atoms with E-state index in [4.69, 9.17) is 0 Å². The highest BCUT2D eigenvalue weighted by Crippen LogP contribution is 2.32. The van der Waals surface area contributed by atoms with E-state index in [0.29, 0.717) is 18.8 Å². The van der Waals surface area contributed by atoms with E-state index in [-0.39, 0.29) is 17.2 Å². The van der Waals surface area contributed by atoms with Crippen LogP contribution in [0.1, 0.15) is 32.3 Å². The Morgan fingerprint density at radius 3 is 2.40 bits per heavy atom. The second-order valence-corrected chi connectivity index (χ2v) is 5.56. The van der Waals surface area contributed by atoms with E-state index in [2.05, 4.69) is 23.9 Å². The molecule has 1 saturated heterocycles. The molecule has 1 fully saturated rings. The van der Waals surface area contributed by atoms with Crippen molar-refractivity contribution in [2.45, 2.75) is 45.3 Å². The predicted octanol–water partition coefficient (Wildman–Crippen LogP) is 3.14. The molecule has 0 radical (unpaired) electrons. The third kappa shape index (κ3) is 3.26. The summed E-state index contributed by atoms with van der Waals surface area (Å²) < 4.78 is 28.5. The molecule has 0 aliphatic carbocycles. The third-order valence-electron chi connectivity index (χ3n) is 3.96. The number of hydrogen-bond donors (Lipinski definition) is 1. The largest absolute Gasteiger partial charge is 0.435 e. The molecule has 1 aromatic rings. The van der Waals surface area contributed by atoms with Crippen molar-refractivity contribution in [2.75, 3.05) is 0 Å². The average Bonchev–Trinajstić information content (AvgIpc) is 2.74. The van der Waals surface area contributed by atoms with E-state index in [1.54, 1.807) is 12.1 Å². The number of ether oxygens (including phenoxy) is 1. The quantitative estimate of drug-likeness (QED) is 0.901. The topological polar surface area (TPSA) is 38.3 Å². The van der Waals surface area contributed by atoms with Crippen LogP contribution in [-0.2, 0) is 11.2 Å². The lowest BCUT2D eigenvalue weighted by Crippen LogP contribution is -2.48. The summed E-state index contributed by atoms with van der Waals surface area (Å²) >= 11 is 0. The van der Waals surface area contributed by atoms with E-state index in [1.165, 1.54) is 12.1 Å². The van der Waals surface area contributed by atoms with Gasteiger partial charge < -0.3 is 10.1 Å². The van der Waals surface area contributed by atoms with Crippen LogP contribution < -0.4 is 10.1 Å². The van der Waals surface area contributed by atoms with Crippen molar-refractivity contribution in [3.63, 3.8) is 0 Å². The minimum Gasteiger partial charge on any atom is -0.435 e. The van der Waals surface area contributed by atoms with Crippen molar-refractivity contribution in [3.05, 3.63) is 29.8 Å². The Labute approximate surface area is 117 Å². The van der Waals surface area contributed by atoms with Gasteiger partial charge in [0.05, 0.1) is 0 Å². The van der Waals surface area contributed by atoms with Gasteiger partial charge in [0, 0.05) is 12.0 Å². The number of amides is 1. The molecule has 1 aliphatic heterocycles. The fourth-order valence-corrected chi connectivity index (χ4v) is 2.66. The second-order valence-electron chi connectivity index (χ2n) is 5.56. The molecule has 1 amide bonds. The van der Waals surface area contributed by atoms with E-state index in [9.17, 15) is 13.6 Å². The fraction of sp³-hybridized carbons (Fsp3) is 0.533. The molecule has 0 saturated carbocycles. The lowest BCUT2D eigenvalue weighted by Gasteiger charge is -2.33. The van der Waals surface area contributed by atoms with Gasteiger partial charge in [0.25, 0.3) is 0 Å². The van der Waals surface area contributed by atoms with Crippen molar-refractivity contribution in [3.8, 4) is 5.75 Å². The molecule has 3 nitrogen and oxygen atoms in total. The zero-order valence-electron chi connectivity index (χ0n) is 11.7. The molecule has 20 heavy (non-hydrogen) atoms. The van der Waals surface area contributed by atoms with Crippen molar-refractivity contribution in [1.82, 2.24) is 5.32 Å². The van der Waals surface area contributed by atoms with Gasteiger partial charge in [-0.25, -0.2) is 0 Å². The van der Waals surface area contributed by atoms with Crippen LogP contribution in [0.25, 0.3) is 0 Å². The summed E-state index contributed by atoms with van der Waals surface area (Å²) in [7, 11) is 0. The highest BCUT2D eigenvalue weighted by Gasteiger charge is 2.40. The maximum atomic E-state index is 12.1. The Morgan fingerprint density at radius 2 is 1.95 bits per heavy atom. The highest BCUT2D eigenvalue weighted by atomic mass is 19.3. The van der Waals surface area contributed by atoms with Gasteiger partial charge in [-0.1, -0.05) is 26.0 Å². The Kier molecular flexibility index (Phi) is 4.26. The van der Waals surface area contributed by atoms with Gasteiger partial charge in [0.1, 0.15) is 5.75 Å². The first-order valence-electron chi connectivity index (χ1n) is 6.76. The number of nitrogens with one attached hydrogen (secondary N) is 1. The van der Waals surface area contributed by atoms with Gasteiger partial charge in [-0.05, 0) is 36.5 Å². The monoisotopic (exact) mass is 283 g/mol. The molecule has 2 rings (SSSR count). The van der Waals surface area contributed by atoms with Crippen LogP contribution in [0.15, 0.2) is 24.3 Å². The summed E-state index contributed by atoms with van der Waals surface area (Å²) in [6.45, 7) is 1.36. The average molecular weight is 283 g/mol. The minimum absolute atomic E-state index is 0.0800. The van der Waals surface area contributed by atoms with Gasteiger partial charge in [0.2, 0.25) is 5.91 Å². The molecule has 1 N–H and O–H groups in total. The normalized spacial score (nSPS) is 22.4. The molecule has 1 aromatic carbocycles. The first-order chi connectivity index (χ1) is 9.41. The first kappa shape index (κ1) is 14.8. The SMILES string of the molecule is CC(C)C1(Cc2ccc(OC(F)F)cc2)CCC(=O)N1. The molecule has 0 bridgehead atoms. The molecule has 0 aromatic heterocycles. The number of alkyl halides is 2. The molecule has 1 unspecified atom stereocenters. The Balaban J connectivity index is 2.10. The van der Waals surface area contributed by atoms with Gasteiger partial charge in [-0.15, -0.1) is 0 Å². The van der Waals surface area contributed by atoms with Crippen molar-refractivity contribution in [1.29, 1.82) is 0 Å². The van der Waals surface area contributed by atoms with Crippen LogP contribution >= 0.6 is 0 Å². The summed E-state index contributed by atoms with van der Waals surface area (Å²) in [5.74, 6) is 0.542. The van der Waals surface area contributed by atoms with Crippen LogP contribution in [0.3, 0.4) is 0 Å². The van der Waals surface area contributed by atoms with Crippen LogP contribution in [0.5, 0.6) is 5.75 Å². The van der Waals surface area contributed by atoms with Crippen molar-refractivity contribution < 1.29 is 18.3 Å². The van der Waals surface area contributed by atoms with E-state index in [1.807, 2.05) is 0 Å². The Hall–Kier alpha value is -1.65. The number of carbonyl (C=O) groups excluding carboxylic acids is 1. The Bertz CT molecular complexity index is 473. The molecular formula is C15H19F2NO2.